The first kappa shape index (κ1) is 11.5. The Labute approximate surface area is 94.1 Å². The average Bonchev–Trinajstić information content (AvgIpc) is 2.47. The van der Waals surface area contributed by atoms with Gasteiger partial charge in [0.2, 0.25) is 0 Å². The molecule has 16 heavy (non-hydrogen) atoms. The molecule has 2 rings (SSSR count). The topological polar surface area (TPSA) is 20.2 Å². The van der Waals surface area contributed by atoms with Crippen LogP contribution in [-0.2, 0) is 0 Å². The van der Waals surface area contributed by atoms with Gasteiger partial charge in [-0.1, -0.05) is 31.4 Å². The molecule has 1 N–H and O–H groups in total. The molecule has 1 fully saturated rings. The van der Waals surface area contributed by atoms with Crippen molar-refractivity contribution < 1.29 is 13.9 Å². The van der Waals surface area contributed by atoms with Crippen LogP contribution in [0.5, 0.6) is 0 Å². The third kappa shape index (κ3) is 2.24. The summed E-state index contributed by atoms with van der Waals surface area (Å²) < 4.78 is 26.7. The number of halogens is 2. The Morgan fingerprint density at radius 2 is 1.81 bits per heavy atom. The lowest BCUT2D eigenvalue weighted by Gasteiger charge is -2.21. The van der Waals surface area contributed by atoms with Gasteiger partial charge in [-0.2, -0.15) is 0 Å². The fourth-order valence-corrected chi connectivity index (χ4v) is 2.46. The average molecular weight is 226 g/mol. The van der Waals surface area contributed by atoms with Crippen molar-refractivity contribution in [2.45, 2.75) is 44.1 Å². The smallest absolute Gasteiger partial charge is 0.162 e. The van der Waals surface area contributed by atoms with Gasteiger partial charge in [0, 0.05) is 5.92 Å². The molecular formula is C13H16F2O. The Kier molecular flexibility index (Phi) is 3.54. The first-order valence-electron chi connectivity index (χ1n) is 5.82. The summed E-state index contributed by atoms with van der Waals surface area (Å²) in [5.41, 5.74) is 0.328. The monoisotopic (exact) mass is 226 g/mol. The lowest BCUT2D eigenvalue weighted by molar-refractivity contribution is 0.133. The molecule has 1 aromatic carbocycles. The summed E-state index contributed by atoms with van der Waals surface area (Å²) in [4.78, 5) is 0. The summed E-state index contributed by atoms with van der Waals surface area (Å²) in [6, 6.07) is 4.20. The summed E-state index contributed by atoms with van der Waals surface area (Å²) in [6.07, 6.45) is 3.87. The lowest BCUT2D eigenvalue weighted by atomic mass is 9.89. The van der Waals surface area contributed by atoms with Crippen LogP contribution < -0.4 is 0 Å². The van der Waals surface area contributed by atoms with Crippen LogP contribution >= 0.6 is 0 Å². The number of rotatable bonds is 1. The van der Waals surface area contributed by atoms with Gasteiger partial charge < -0.3 is 5.11 Å². The molecule has 0 saturated heterocycles. The van der Waals surface area contributed by atoms with Gasteiger partial charge in [-0.05, 0) is 24.5 Å². The summed E-state index contributed by atoms with van der Waals surface area (Å²) in [6.45, 7) is 0. The normalized spacial score (nSPS) is 26.4. The second-order valence-electron chi connectivity index (χ2n) is 4.45. The highest BCUT2D eigenvalue weighted by molar-refractivity contribution is 5.24. The van der Waals surface area contributed by atoms with E-state index < -0.39 is 17.7 Å². The summed E-state index contributed by atoms with van der Waals surface area (Å²) in [5, 5.41) is 9.93. The van der Waals surface area contributed by atoms with Gasteiger partial charge in [-0.3, -0.25) is 0 Å². The van der Waals surface area contributed by atoms with Crippen LogP contribution in [0.2, 0.25) is 0 Å². The minimum atomic E-state index is -0.825. The van der Waals surface area contributed by atoms with Crippen LogP contribution in [0.1, 0.15) is 43.6 Å². The van der Waals surface area contributed by atoms with E-state index >= 15 is 0 Å². The maximum Gasteiger partial charge on any atom is 0.162 e. The molecular weight excluding hydrogens is 210 g/mol. The quantitative estimate of drug-likeness (QED) is 0.728. The number of aliphatic hydroxyl groups excluding tert-OH is 1. The van der Waals surface area contributed by atoms with Gasteiger partial charge in [0.1, 0.15) is 0 Å². The molecule has 1 saturated carbocycles. The van der Waals surface area contributed by atoms with E-state index in [0.29, 0.717) is 12.0 Å². The van der Waals surface area contributed by atoms with Crippen molar-refractivity contribution in [2.75, 3.05) is 0 Å². The predicted octanol–water partition coefficient (Wildman–Crippen LogP) is 3.37. The zero-order valence-electron chi connectivity index (χ0n) is 9.13. The van der Waals surface area contributed by atoms with Gasteiger partial charge in [0.25, 0.3) is 0 Å². The lowest BCUT2D eigenvalue weighted by Crippen LogP contribution is -2.18. The van der Waals surface area contributed by atoms with E-state index in [1.54, 1.807) is 6.07 Å². The zero-order valence-corrected chi connectivity index (χ0v) is 9.13. The van der Waals surface area contributed by atoms with Crippen molar-refractivity contribution in [2.24, 2.45) is 0 Å². The van der Waals surface area contributed by atoms with Crippen molar-refractivity contribution in [1.29, 1.82) is 0 Å². The Morgan fingerprint density at radius 1 is 1.06 bits per heavy atom. The highest BCUT2D eigenvalue weighted by Crippen LogP contribution is 2.33. The highest BCUT2D eigenvalue weighted by Gasteiger charge is 2.26. The molecule has 0 amide bonds. The second kappa shape index (κ2) is 4.91. The van der Waals surface area contributed by atoms with Crippen LogP contribution in [-0.4, -0.2) is 11.2 Å². The number of benzene rings is 1. The SMILES string of the molecule is OC1CCCCCC1c1cccc(F)c1F. The molecule has 2 unspecified atom stereocenters. The third-order valence-corrected chi connectivity index (χ3v) is 3.36. The molecule has 3 heteroatoms. The Balaban J connectivity index is 2.30. The third-order valence-electron chi connectivity index (χ3n) is 3.36. The zero-order chi connectivity index (χ0) is 11.5. The van der Waals surface area contributed by atoms with Crippen molar-refractivity contribution in [1.82, 2.24) is 0 Å². The van der Waals surface area contributed by atoms with E-state index in [0.717, 1.165) is 31.7 Å². The molecule has 1 aliphatic rings. The van der Waals surface area contributed by atoms with Gasteiger partial charge >= 0.3 is 0 Å². The standard InChI is InChI=1S/C13H16F2O/c14-11-7-4-6-10(13(11)15)9-5-2-1-3-8-12(9)16/h4,6-7,9,12,16H,1-3,5,8H2. The number of hydrogen-bond acceptors (Lipinski definition) is 1. The molecule has 1 nitrogen and oxygen atoms in total. The maximum absolute atomic E-state index is 13.6. The van der Waals surface area contributed by atoms with Crippen molar-refractivity contribution in [3.8, 4) is 0 Å². The Hall–Kier alpha value is -0.960. The highest BCUT2D eigenvalue weighted by atomic mass is 19.2. The van der Waals surface area contributed by atoms with Crippen LogP contribution in [0.3, 0.4) is 0 Å². The molecule has 0 aromatic heterocycles. The molecule has 0 spiro atoms. The van der Waals surface area contributed by atoms with Crippen molar-refractivity contribution in [3.05, 3.63) is 35.4 Å². The summed E-state index contributed by atoms with van der Waals surface area (Å²) >= 11 is 0. The van der Waals surface area contributed by atoms with Crippen LogP contribution in [0.25, 0.3) is 0 Å². The number of hydrogen-bond donors (Lipinski definition) is 1. The molecule has 0 aliphatic heterocycles. The number of aliphatic hydroxyl groups is 1. The second-order valence-corrected chi connectivity index (χ2v) is 4.45. The molecule has 0 bridgehead atoms. The van der Waals surface area contributed by atoms with Crippen molar-refractivity contribution >= 4 is 0 Å². The van der Waals surface area contributed by atoms with E-state index in [1.165, 1.54) is 6.07 Å². The fraction of sp³-hybridized carbons (Fsp3) is 0.538. The maximum atomic E-state index is 13.6. The largest absolute Gasteiger partial charge is 0.392 e. The molecule has 2 atom stereocenters. The summed E-state index contributed by atoms with van der Waals surface area (Å²) in [7, 11) is 0. The van der Waals surface area contributed by atoms with Crippen LogP contribution in [0.15, 0.2) is 18.2 Å². The minimum absolute atomic E-state index is 0.252. The molecule has 1 aromatic rings. The Bertz CT molecular complexity index is 365. The van der Waals surface area contributed by atoms with E-state index in [-0.39, 0.29) is 5.92 Å². The van der Waals surface area contributed by atoms with E-state index in [4.69, 9.17) is 0 Å². The first-order valence-corrected chi connectivity index (χ1v) is 5.82. The van der Waals surface area contributed by atoms with Crippen LogP contribution in [0, 0.1) is 11.6 Å². The minimum Gasteiger partial charge on any atom is -0.392 e. The van der Waals surface area contributed by atoms with Gasteiger partial charge in [0.05, 0.1) is 6.10 Å². The van der Waals surface area contributed by atoms with E-state index in [9.17, 15) is 13.9 Å². The Morgan fingerprint density at radius 3 is 2.62 bits per heavy atom. The van der Waals surface area contributed by atoms with Gasteiger partial charge in [-0.25, -0.2) is 8.78 Å². The molecule has 1 aliphatic carbocycles. The molecule has 0 heterocycles. The van der Waals surface area contributed by atoms with Gasteiger partial charge in [-0.15, -0.1) is 0 Å². The van der Waals surface area contributed by atoms with Crippen molar-refractivity contribution in [3.63, 3.8) is 0 Å². The first-order chi connectivity index (χ1) is 7.70. The van der Waals surface area contributed by atoms with E-state index in [1.807, 2.05) is 0 Å². The molecule has 0 radical (unpaired) electrons. The molecule has 88 valence electrons. The van der Waals surface area contributed by atoms with E-state index in [2.05, 4.69) is 0 Å². The predicted molar refractivity (Wildman–Crippen MR) is 58.2 cm³/mol. The van der Waals surface area contributed by atoms with Crippen LogP contribution in [0.4, 0.5) is 8.78 Å². The summed E-state index contributed by atoms with van der Waals surface area (Å²) in [5.74, 6) is -1.87. The van der Waals surface area contributed by atoms with Gasteiger partial charge in [0.15, 0.2) is 11.6 Å². The fourth-order valence-electron chi connectivity index (χ4n) is 2.46.